The largest absolute Gasteiger partial charge is 0.573 e. The molecule has 0 aliphatic carbocycles. The van der Waals surface area contributed by atoms with Crippen molar-refractivity contribution < 1.29 is 22.6 Å². The van der Waals surface area contributed by atoms with Crippen LogP contribution < -0.4 is 15.2 Å². The van der Waals surface area contributed by atoms with E-state index in [1.54, 1.807) is 18.3 Å². The highest BCUT2D eigenvalue weighted by atomic mass is 19.4. The SMILES string of the molecule is NCc1ccnc(Oc2ccc(OC(F)(F)F)cc2)c1. The fourth-order valence-corrected chi connectivity index (χ4v) is 1.46. The molecule has 106 valence electrons. The first-order valence-corrected chi connectivity index (χ1v) is 5.65. The first-order valence-electron chi connectivity index (χ1n) is 5.65. The summed E-state index contributed by atoms with van der Waals surface area (Å²) in [6.45, 7) is 0.344. The van der Waals surface area contributed by atoms with Gasteiger partial charge in [0.05, 0.1) is 0 Å². The van der Waals surface area contributed by atoms with Crippen LogP contribution in [0.2, 0.25) is 0 Å². The monoisotopic (exact) mass is 284 g/mol. The van der Waals surface area contributed by atoms with Crippen molar-refractivity contribution in [3.8, 4) is 17.4 Å². The molecule has 0 fully saturated rings. The number of ether oxygens (including phenoxy) is 2. The van der Waals surface area contributed by atoms with E-state index in [1.807, 2.05) is 0 Å². The topological polar surface area (TPSA) is 57.4 Å². The van der Waals surface area contributed by atoms with Gasteiger partial charge in [-0.05, 0) is 35.9 Å². The van der Waals surface area contributed by atoms with Crippen LogP contribution in [0.25, 0.3) is 0 Å². The molecule has 2 N–H and O–H groups in total. The number of rotatable bonds is 4. The second-order valence-electron chi connectivity index (χ2n) is 3.83. The lowest BCUT2D eigenvalue weighted by molar-refractivity contribution is -0.274. The quantitative estimate of drug-likeness (QED) is 0.936. The van der Waals surface area contributed by atoms with Crippen LogP contribution in [0, 0.1) is 0 Å². The van der Waals surface area contributed by atoms with E-state index in [-0.39, 0.29) is 5.75 Å². The van der Waals surface area contributed by atoms with E-state index < -0.39 is 6.36 Å². The molecule has 2 rings (SSSR count). The van der Waals surface area contributed by atoms with E-state index in [2.05, 4.69) is 9.72 Å². The molecule has 0 unspecified atom stereocenters. The van der Waals surface area contributed by atoms with Gasteiger partial charge in [0.1, 0.15) is 11.5 Å². The predicted molar refractivity (Wildman–Crippen MR) is 65.3 cm³/mol. The van der Waals surface area contributed by atoms with Crippen LogP contribution in [0.1, 0.15) is 5.56 Å². The normalized spacial score (nSPS) is 11.2. The van der Waals surface area contributed by atoms with Gasteiger partial charge in [0.2, 0.25) is 5.88 Å². The number of halogens is 3. The van der Waals surface area contributed by atoms with Crippen LogP contribution in [0.15, 0.2) is 42.6 Å². The predicted octanol–water partition coefficient (Wildman–Crippen LogP) is 3.23. The second kappa shape index (κ2) is 5.79. The summed E-state index contributed by atoms with van der Waals surface area (Å²) in [6.07, 6.45) is -3.17. The zero-order valence-electron chi connectivity index (χ0n) is 10.2. The summed E-state index contributed by atoms with van der Waals surface area (Å²) in [6, 6.07) is 8.44. The summed E-state index contributed by atoms with van der Waals surface area (Å²) in [5.74, 6) is 0.354. The standard InChI is InChI=1S/C13H11F3N2O2/c14-13(15,16)20-11-3-1-10(2-4-11)19-12-7-9(8-17)5-6-18-12/h1-7H,8,17H2. The highest BCUT2D eigenvalue weighted by Gasteiger charge is 2.30. The molecule has 0 radical (unpaired) electrons. The third-order valence-electron chi connectivity index (χ3n) is 2.31. The number of alkyl halides is 3. The first-order chi connectivity index (χ1) is 9.46. The van der Waals surface area contributed by atoms with Gasteiger partial charge in [-0.1, -0.05) is 0 Å². The van der Waals surface area contributed by atoms with Gasteiger partial charge in [-0.3, -0.25) is 0 Å². The third kappa shape index (κ3) is 4.13. The van der Waals surface area contributed by atoms with E-state index in [1.165, 1.54) is 12.1 Å². The number of nitrogens with two attached hydrogens (primary N) is 1. The van der Waals surface area contributed by atoms with Crippen LogP contribution in [-0.4, -0.2) is 11.3 Å². The van der Waals surface area contributed by atoms with E-state index in [4.69, 9.17) is 10.5 Å². The average Bonchev–Trinajstić information content (AvgIpc) is 2.40. The molecule has 0 bridgehead atoms. The van der Waals surface area contributed by atoms with Crippen molar-refractivity contribution in [3.05, 3.63) is 48.2 Å². The van der Waals surface area contributed by atoms with Crippen LogP contribution in [-0.2, 0) is 6.54 Å². The Kier molecular flexibility index (Phi) is 4.09. The Balaban J connectivity index is 2.06. The van der Waals surface area contributed by atoms with Crippen molar-refractivity contribution in [3.63, 3.8) is 0 Å². The van der Waals surface area contributed by atoms with Gasteiger partial charge >= 0.3 is 6.36 Å². The number of hydrogen-bond donors (Lipinski definition) is 1. The second-order valence-corrected chi connectivity index (χ2v) is 3.83. The number of pyridine rings is 1. The van der Waals surface area contributed by atoms with Crippen molar-refractivity contribution in [2.24, 2.45) is 5.73 Å². The van der Waals surface area contributed by atoms with Crippen molar-refractivity contribution in [1.29, 1.82) is 0 Å². The Hall–Kier alpha value is -2.28. The van der Waals surface area contributed by atoms with E-state index in [0.29, 0.717) is 18.2 Å². The smallest absolute Gasteiger partial charge is 0.439 e. The Morgan fingerprint density at radius 3 is 2.30 bits per heavy atom. The minimum atomic E-state index is -4.71. The minimum Gasteiger partial charge on any atom is -0.439 e. The molecule has 4 nitrogen and oxygen atoms in total. The van der Waals surface area contributed by atoms with E-state index in [0.717, 1.165) is 17.7 Å². The Morgan fingerprint density at radius 1 is 1.05 bits per heavy atom. The summed E-state index contributed by atoms with van der Waals surface area (Å²) in [5.41, 5.74) is 6.32. The summed E-state index contributed by atoms with van der Waals surface area (Å²) < 4.78 is 45.1. The van der Waals surface area contributed by atoms with Gasteiger partial charge in [-0.2, -0.15) is 0 Å². The summed E-state index contributed by atoms with van der Waals surface area (Å²) in [5, 5.41) is 0. The molecule has 0 atom stereocenters. The maximum absolute atomic E-state index is 12.0. The van der Waals surface area contributed by atoms with Gasteiger partial charge < -0.3 is 15.2 Å². The Labute approximate surface area is 113 Å². The molecule has 2 aromatic rings. The van der Waals surface area contributed by atoms with Crippen molar-refractivity contribution >= 4 is 0 Å². The molecule has 7 heteroatoms. The first kappa shape index (κ1) is 14.1. The Bertz CT molecular complexity index is 571. The third-order valence-corrected chi connectivity index (χ3v) is 2.31. The molecular weight excluding hydrogens is 273 g/mol. The summed E-state index contributed by atoms with van der Waals surface area (Å²) in [7, 11) is 0. The maximum atomic E-state index is 12.0. The molecule has 0 spiro atoms. The van der Waals surface area contributed by atoms with Crippen LogP contribution in [0.3, 0.4) is 0 Å². The molecule has 1 aromatic heterocycles. The fraction of sp³-hybridized carbons (Fsp3) is 0.154. The molecule has 0 aliphatic heterocycles. The van der Waals surface area contributed by atoms with Crippen LogP contribution in [0.5, 0.6) is 17.4 Å². The lowest BCUT2D eigenvalue weighted by Gasteiger charge is -2.10. The minimum absolute atomic E-state index is 0.312. The van der Waals surface area contributed by atoms with Gasteiger partial charge in [-0.25, -0.2) is 4.98 Å². The lowest BCUT2D eigenvalue weighted by atomic mass is 10.3. The number of aromatic nitrogens is 1. The number of hydrogen-bond acceptors (Lipinski definition) is 4. The van der Waals surface area contributed by atoms with Gasteiger partial charge in [0.25, 0.3) is 0 Å². The fourth-order valence-electron chi connectivity index (χ4n) is 1.46. The highest BCUT2D eigenvalue weighted by molar-refractivity contribution is 5.34. The molecule has 0 saturated carbocycles. The van der Waals surface area contributed by atoms with Crippen molar-refractivity contribution in [2.45, 2.75) is 12.9 Å². The van der Waals surface area contributed by atoms with Crippen LogP contribution in [0.4, 0.5) is 13.2 Å². The molecule has 1 aromatic carbocycles. The summed E-state index contributed by atoms with van der Waals surface area (Å²) in [4.78, 5) is 3.98. The van der Waals surface area contributed by atoms with E-state index >= 15 is 0 Å². The van der Waals surface area contributed by atoms with Gasteiger partial charge in [0.15, 0.2) is 0 Å². The zero-order valence-corrected chi connectivity index (χ0v) is 10.2. The lowest BCUT2D eigenvalue weighted by Crippen LogP contribution is -2.16. The Morgan fingerprint density at radius 2 is 1.70 bits per heavy atom. The average molecular weight is 284 g/mol. The van der Waals surface area contributed by atoms with Gasteiger partial charge in [0, 0.05) is 18.8 Å². The molecule has 0 amide bonds. The van der Waals surface area contributed by atoms with Crippen molar-refractivity contribution in [2.75, 3.05) is 0 Å². The maximum Gasteiger partial charge on any atom is 0.573 e. The van der Waals surface area contributed by atoms with Crippen molar-refractivity contribution in [1.82, 2.24) is 4.98 Å². The van der Waals surface area contributed by atoms with Crippen LogP contribution >= 0.6 is 0 Å². The molecular formula is C13H11F3N2O2. The number of benzene rings is 1. The van der Waals surface area contributed by atoms with Gasteiger partial charge in [-0.15, -0.1) is 13.2 Å². The number of nitrogens with zero attached hydrogens (tertiary/aromatic N) is 1. The molecule has 1 heterocycles. The van der Waals surface area contributed by atoms with E-state index in [9.17, 15) is 13.2 Å². The highest BCUT2D eigenvalue weighted by Crippen LogP contribution is 2.26. The molecule has 20 heavy (non-hydrogen) atoms. The zero-order chi connectivity index (χ0) is 14.6. The molecule has 0 aliphatic rings. The molecule has 0 saturated heterocycles. The summed E-state index contributed by atoms with van der Waals surface area (Å²) >= 11 is 0.